The van der Waals surface area contributed by atoms with Crippen LogP contribution >= 0.6 is 0 Å². The molecule has 2 amide bonds. The number of piperazine rings is 1. The van der Waals surface area contributed by atoms with Gasteiger partial charge < -0.3 is 10.2 Å². The summed E-state index contributed by atoms with van der Waals surface area (Å²) in [5.74, 6) is -0.796. The number of hydrogen-bond donors (Lipinski definition) is 1. The quantitative estimate of drug-likeness (QED) is 0.846. The van der Waals surface area contributed by atoms with Crippen LogP contribution in [0.5, 0.6) is 0 Å². The lowest BCUT2D eigenvalue weighted by molar-refractivity contribution is -0.159. The molecule has 0 radical (unpaired) electrons. The van der Waals surface area contributed by atoms with Gasteiger partial charge in [-0.3, -0.25) is 9.59 Å². The summed E-state index contributed by atoms with van der Waals surface area (Å²) in [6.07, 6.45) is -2.66. The fraction of sp³-hybridized carbons (Fsp3) is 0.857. The maximum atomic E-state index is 12.8. The van der Waals surface area contributed by atoms with Crippen LogP contribution < -0.4 is 5.32 Å². The number of hydrogen-bond acceptors (Lipinski definition) is 2. The average Bonchev–Trinajstić information content (AvgIpc) is 2.18. The van der Waals surface area contributed by atoms with E-state index < -0.39 is 41.8 Å². The summed E-state index contributed by atoms with van der Waals surface area (Å²) in [4.78, 5) is 25.8. The highest BCUT2D eigenvalue weighted by Crippen LogP contribution is 2.32. The summed E-state index contributed by atoms with van der Waals surface area (Å²) in [5, 5.41) is 2.69. The lowest BCUT2D eigenvalue weighted by atomic mass is 9.79. The Bertz CT molecular complexity index is 397. The zero-order chi connectivity index (χ0) is 15.9. The van der Waals surface area contributed by atoms with Gasteiger partial charge in [0.15, 0.2) is 0 Å². The Morgan fingerprint density at radius 1 is 1.10 bits per heavy atom. The lowest BCUT2D eigenvalue weighted by Crippen LogP contribution is -2.69. The van der Waals surface area contributed by atoms with Crippen LogP contribution in [0.15, 0.2) is 0 Å². The van der Waals surface area contributed by atoms with Crippen LogP contribution in [0.4, 0.5) is 8.78 Å². The van der Waals surface area contributed by atoms with Crippen molar-refractivity contribution in [1.82, 2.24) is 10.2 Å². The number of nitrogens with zero attached hydrogens (tertiary/aromatic N) is 1. The Kier molecular flexibility index (Phi) is 4.46. The summed E-state index contributed by atoms with van der Waals surface area (Å²) in [6.45, 7) is 9.98. The highest BCUT2D eigenvalue weighted by atomic mass is 19.3. The minimum absolute atomic E-state index is 0.363. The SMILES string of the molecule is CC(C)(C)C1NC(=O)C(C(C)(C)C)N(CC(F)F)C1=O. The lowest BCUT2D eigenvalue weighted by Gasteiger charge is -2.47. The number of alkyl halides is 2. The summed E-state index contributed by atoms with van der Waals surface area (Å²) in [5.41, 5.74) is -1.12. The van der Waals surface area contributed by atoms with Crippen LogP contribution in [0, 0.1) is 10.8 Å². The van der Waals surface area contributed by atoms with E-state index in [9.17, 15) is 18.4 Å². The van der Waals surface area contributed by atoms with E-state index in [1.165, 1.54) is 0 Å². The van der Waals surface area contributed by atoms with Gasteiger partial charge in [-0.1, -0.05) is 41.5 Å². The Balaban J connectivity index is 3.18. The Labute approximate surface area is 118 Å². The molecule has 0 aromatic rings. The van der Waals surface area contributed by atoms with E-state index in [0.29, 0.717) is 0 Å². The summed E-state index contributed by atoms with van der Waals surface area (Å²) in [6, 6.07) is -1.64. The van der Waals surface area contributed by atoms with E-state index in [1.54, 1.807) is 41.5 Å². The molecule has 4 nitrogen and oxygen atoms in total. The minimum Gasteiger partial charge on any atom is -0.342 e. The average molecular weight is 290 g/mol. The topological polar surface area (TPSA) is 49.4 Å². The second-order valence-corrected chi connectivity index (χ2v) is 7.46. The third kappa shape index (κ3) is 3.46. The van der Waals surface area contributed by atoms with Gasteiger partial charge in [-0.25, -0.2) is 8.78 Å². The van der Waals surface area contributed by atoms with Gasteiger partial charge in [0.1, 0.15) is 12.1 Å². The Morgan fingerprint density at radius 3 is 1.95 bits per heavy atom. The molecule has 0 bridgehead atoms. The third-order valence-corrected chi connectivity index (χ3v) is 3.40. The molecule has 1 saturated heterocycles. The molecule has 1 heterocycles. The molecule has 116 valence electrons. The van der Waals surface area contributed by atoms with Gasteiger partial charge in [-0.15, -0.1) is 0 Å². The highest BCUT2D eigenvalue weighted by molar-refractivity contribution is 5.97. The summed E-state index contributed by atoms with van der Waals surface area (Å²) >= 11 is 0. The van der Waals surface area contributed by atoms with E-state index >= 15 is 0 Å². The van der Waals surface area contributed by atoms with Crippen molar-refractivity contribution in [3.63, 3.8) is 0 Å². The van der Waals surface area contributed by atoms with E-state index in [2.05, 4.69) is 5.32 Å². The highest BCUT2D eigenvalue weighted by Gasteiger charge is 2.49. The summed E-state index contributed by atoms with van der Waals surface area (Å²) < 4.78 is 25.6. The van der Waals surface area contributed by atoms with E-state index in [0.717, 1.165) is 4.90 Å². The normalized spacial score (nSPS) is 25.1. The number of halogens is 2. The van der Waals surface area contributed by atoms with Crippen molar-refractivity contribution in [2.24, 2.45) is 10.8 Å². The first kappa shape index (κ1) is 16.9. The second kappa shape index (κ2) is 5.30. The van der Waals surface area contributed by atoms with Crippen LogP contribution in [0.25, 0.3) is 0 Å². The molecule has 20 heavy (non-hydrogen) atoms. The molecule has 1 aliphatic heterocycles. The van der Waals surface area contributed by atoms with Gasteiger partial charge in [0.25, 0.3) is 6.43 Å². The molecule has 0 spiro atoms. The number of nitrogens with one attached hydrogen (secondary N) is 1. The number of carbonyl (C=O) groups is 2. The molecular weight excluding hydrogens is 266 g/mol. The monoisotopic (exact) mass is 290 g/mol. The van der Waals surface area contributed by atoms with Crippen molar-refractivity contribution in [1.29, 1.82) is 0 Å². The molecule has 6 heteroatoms. The number of rotatable bonds is 2. The smallest absolute Gasteiger partial charge is 0.255 e. The molecule has 0 aromatic carbocycles. The first-order valence-corrected chi connectivity index (χ1v) is 6.74. The van der Waals surface area contributed by atoms with Gasteiger partial charge in [-0.2, -0.15) is 0 Å². The second-order valence-electron chi connectivity index (χ2n) is 7.46. The van der Waals surface area contributed by atoms with Crippen molar-refractivity contribution < 1.29 is 18.4 Å². The van der Waals surface area contributed by atoms with Crippen LogP contribution in [-0.2, 0) is 9.59 Å². The largest absolute Gasteiger partial charge is 0.342 e. The third-order valence-electron chi connectivity index (χ3n) is 3.40. The standard InChI is InChI=1S/C14H24F2N2O2/c1-13(2,3)9-12(20)18(7-8(15)16)10(11(19)17-9)14(4,5)6/h8-10H,7H2,1-6H3,(H,17,19). The molecular formula is C14H24F2N2O2. The van der Waals surface area contributed by atoms with Crippen molar-refractivity contribution >= 4 is 11.8 Å². The van der Waals surface area contributed by atoms with Crippen molar-refractivity contribution in [2.75, 3.05) is 6.54 Å². The number of amides is 2. The molecule has 2 atom stereocenters. The molecule has 2 unspecified atom stereocenters. The maximum Gasteiger partial charge on any atom is 0.255 e. The van der Waals surface area contributed by atoms with Crippen LogP contribution in [0.3, 0.4) is 0 Å². The van der Waals surface area contributed by atoms with Gasteiger partial charge in [0.05, 0.1) is 6.54 Å². The molecule has 0 saturated carbocycles. The number of carbonyl (C=O) groups excluding carboxylic acids is 2. The van der Waals surface area contributed by atoms with Gasteiger partial charge >= 0.3 is 0 Å². The van der Waals surface area contributed by atoms with Crippen molar-refractivity contribution in [3.8, 4) is 0 Å². The maximum absolute atomic E-state index is 12.8. The van der Waals surface area contributed by atoms with E-state index in [-0.39, 0.29) is 5.91 Å². The molecule has 0 aromatic heterocycles. The predicted molar refractivity (Wildman–Crippen MR) is 72.3 cm³/mol. The minimum atomic E-state index is -2.66. The van der Waals surface area contributed by atoms with Crippen LogP contribution in [0.2, 0.25) is 0 Å². The van der Waals surface area contributed by atoms with Gasteiger partial charge in [0, 0.05) is 0 Å². The van der Waals surface area contributed by atoms with Gasteiger partial charge in [0.2, 0.25) is 11.8 Å². The molecule has 1 rings (SSSR count). The predicted octanol–water partition coefficient (Wildman–Crippen LogP) is 2.04. The molecule has 1 fully saturated rings. The van der Waals surface area contributed by atoms with Crippen molar-refractivity contribution in [2.45, 2.75) is 60.1 Å². The zero-order valence-electron chi connectivity index (χ0n) is 13.0. The first-order chi connectivity index (χ1) is 8.85. The van der Waals surface area contributed by atoms with Crippen molar-refractivity contribution in [3.05, 3.63) is 0 Å². The fourth-order valence-electron chi connectivity index (χ4n) is 2.51. The Hall–Kier alpha value is -1.20. The zero-order valence-corrected chi connectivity index (χ0v) is 13.0. The molecule has 0 aliphatic carbocycles. The van der Waals surface area contributed by atoms with Crippen LogP contribution in [0.1, 0.15) is 41.5 Å². The fourth-order valence-corrected chi connectivity index (χ4v) is 2.51. The molecule has 1 N–H and O–H groups in total. The van der Waals surface area contributed by atoms with Crippen LogP contribution in [-0.4, -0.2) is 41.8 Å². The Morgan fingerprint density at radius 2 is 1.60 bits per heavy atom. The first-order valence-electron chi connectivity index (χ1n) is 6.74. The van der Waals surface area contributed by atoms with E-state index in [4.69, 9.17) is 0 Å². The summed E-state index contributed by atoms with van der Waals surface area (Å²) in [7, 11) is 0. The van der Waals surface area contributed by atoms with Gasteiger partial charge in [-0.05, 0) is 10.8 Å². The molecule has 1 aliphatic rings. The van der Waals surface area contributed by atoms with E-state index in [1.807, 2.05) is 0 Å².